The summed E-state index contributed by atoms with van der Waals surface area (Å²) in [6, 6.07) is 6.91. The van der Waals surface area contributed by atoms with Gasteiger partial charge in [-0.25, -0.2) is 4.79 Å². The average Bonchev–Trinajstić information content (AvgIpc) is 2.59. The zero-order valence-electron chi connectivity index (χ0n) is 13.2. The Morgan fingerprint density at radius 1 is 1.23 bits per heavy atom. The van der Waals surface area contributed by atoms with Gasteiger partial charge in [0.1, 0.15) is 5.75 Å². The Morgan fingerprint density at radius 2 is 1.95 bits per heavy atom. The number of likely N-dealkylation sites (tertiary alicyclic amines) is 1. The van der Waals surface area contributed by atoms with E-state index in [9.17, 15) is 9.59 Å². The van der Waals surface area contributed by atoms with Crippen LogP contribution >= 0.6 is 0 Å². The first-order chi connectivity index (χ1) is 10.7. The normalized spacial score (nSPS) is 17.9. The van der Waals surface area contributed by atoms with E-state index in [4.69, 9.17) is 9.47 Å². The van der Waals surface area contributed by atoms with Gasteiger partial charge < -0.3 is 14.4 Å². The molecule has 0 spiro atoms. The second kappa shape index (κ2) is 7.82. The van der Waals surface area contributed by atoms with Crippen molar-refractivity contribution >= 4 is 11.9 Å². The van der Waals surface area contributed by atoms with Crippen molar-refractivity contribution in [2.24, 2.45) is 0 Å². The molecule has 0 unspecified atom stereocenters. The summed E-state index contributed by atoms with van der Waals surface area (Å²) in [4.78, 5) is 26.0. The Morgan fingerprint density at radius 3 is 2.59 bits per heavy atom. The minimum atomic E-state index is -0.485. The summed E-state index contributed by atoms with van der Waals surface area (Å²) in [6.07, 6.45) is 4.16. The van der Waals surface area contributed by atoms with Gasteiger partial charge >= 0.3 is 5.97 Å². The summed E-state index contributed by atoms with van der Waals surface area (Å²) < 4.78 is 10.2. The minimum absolute atomic E-state index is 0.103. The molecule has 0 aliphatic carbocycles. The molecule has 0 radical (unpaired) electrons. The fourth-order valence-electron chi connectivity index (χ4n) is 2.77. The number of methoxy groups -OCH3 is 1. The Bertz CT molecular complexity index is 512. The van der Waals surface area contributed by atoms with E-state index in [-0.39, 0.29) is 18.6 Å². The predicted molar refractivity (Wildman–Crippen MR) is 82.9 cm³/mol. The van der Waals surface area contributed by atoms with Crippen molar-refractivity contribution in [3.05, 3.63) is 29.8 Å². The zero-order chi connectivity index (χ0) is 15.9. The van der Waals surface area contributed by atoms with Gasteiger partial charge in [-0.15, -0.1) is 0 Å². The Labute approximate surface area is 131 Å². The van der Waals surface area contributed by atoms with E-state index in [1.165, 1.54) is 0 Å². The van der Waals surface area contributed by atoms with Crippen LogP contribution in [0.4, 0.5) is 0 Å². The van der Waals surface area contributed by atoms with Crippen molar-refractivity contribution in [3.63, 3.8) is 0 Å². The van der Waals surface area contributed by atoms with Gasteiger partial charge in [-0.1, -0.05) is 6.92 Å². The first-order valence-corrected chi connectivity index (χ1v) is 7.76. The number of benzene rings is 1. The van der Waals surface area contributed by atoms with Gasteiger partial charge in [-0.2, -0.15) is 0 Å². The largest absolute Gasteiger partial charge is 0.497 e. The highest BCUT2D eigenvalue weighted by molar-refractivity contribution is 5.91. The first kappa shape index (κ1) is 16.3. The summed E-state index contributed by atoms with van der Waals surface area (Å²) in [7, 11) is 1.56. The minimum Gasteiger partial charge on any atom is -0.497 e. The highest BCUT2D eigenvalue weighted by Crippen LogP contribution is 2.19. The zero-order valence-corrected chi connectivity index (χ0v) is 13.2. The van der Waals surface area contributed by atoms with Gasteiger partial charge in [-0.05, 0) is 49.9 Å². The maximum Gasteiger partial charge on any atom is 0.338 e. The van der Waals surface area contributed by atoms with E-state index in [2.05, 4.69) is 6.92 Å². The number of ether oxygens (including phenoxy) is 2. The monoisotopic (exact) mass is 305 g/mol. The number of carbonyl (C=O) groups excluding carboxylic acids is 2. The highest BCUT2D eigenvalue weighted by atomic mass is 16.5. The Kier molecular flexibility index (Phi) is 5.81. The lowest BCUT2D eigenvalue weighted by Crippen LogP contribution is -2.45. The number of esters is 1. The molecule has 0 N–H and O–H groups in total. The predicted octanol–water partition coefficient (Wildman–Crippen LogP) is 2.64. The van der Waals surface area contributed by atoms with Gasteiger partial charge in [-0.3, -0.25) is 4.79 Å². The number of piperidine rings is 1. The second-order valence-corrected chi connectivity index (χ2v) is 5.45. The van der Waals surface area contributed by atoms with Crippen molar-refractivity contribution in [2.75, 3.05) is 20.3 Å². The molecular formula is C17H23NO4. The lowest BCUT2D eigenvalue weighted by atomic mass is 10.00. The summed E-state index contributed by atoms with van der Waals surface area (Å²) in [5.41, 5.74) is 0.416. The van der Waals surface area contributed by atoms with Crippen LogP contribution in [-0.4, -0.2) is 43.1 Å². The third kappa shape index (κ3) is 4.00. The third-order valence-corrected chi connectivity index (χ3v) is 4.07. The third-order valence-electron chi connectivity index (χ3n) is 4.07. The van der Waals surface area contributed by atoms with Crippen LogP contribution in [0.2, 0.25) is 0 Å². The lowest BCUT2D eigenvalue weighted by Gasteiger charge is -2.35. The van der Waals surface area contributed by atoms with Crippen LogP contribution in [0, 0.1) is 0 Å². The van der Waals surface area contributed by atoms with Crippen LogP contribution in [0.15, 0.2) is 24.3 Å². The van der Waals surface area contributed by atoms with Crippen LogP contribution in [-0.2, 0) is 9.53 Å². The van der Waals surface area contributed by atoms with Crippen molar-refractivity contribution < 1.29 is 19.1 Å². The molecule has 1 aromatic rings. The van der Waals surface area contributed by atoms with E-state index in [0.717, 1.165) is 32.2 Å². The number of rotatable bonds is 5. The molecule has 1 aliphatic rings. The van der Waals surface area contributed by atoms with Crippen LogP contribution < -0.4 is 4.74 Å². The molecule has 22 heavy (non-hydrogen) atoms. The molecule has 0 aromatic heterocycles. The van der Waals surface area contributed by atoms with E-state index in [0.29, 0.717) is 11.3 Å². The molecule has 1 aliphatic heterocycles. The number of hydrogen-bond acceptors (Lipinski definition) is 4. The summed E-state index contributed by atoms with van der Waals surface area (Å²) in [5, 5.41) is 0. The number of nitrogens with zero attached hydrogens (tertiary/aromatic N) is 1. The molecule has 0 saturated carbocycles. The Balaban J connectivity index is 1.88. The molecule has 1 saturated heterocycles. The first-order valence-electron chi connectivity index (χ1n) is 7.76. The van der Waals surface area contributed by atoms with Crippen molar-refractivity contribution in [2.45, 2.75) is 38.6 Å². The number of hydrogen-bond donors (Lipinski definition) is 0. The van der Waals surface area contributed by atoms with E-state index < -0.39 is 5.97 Å². The SMILES string of the molecule is CC[C@@H]1CCCCN1C(=O)COC(=O)c1ccc(OC)cc1. The molecule has 1 amide bonds. The van der Waals surface area contributed by atoms with Gasteiger partial charge in [0.15, 0.2) is 6.61 Å². The van der Waals surface area contributed by atoms with Crippen molar-refractivity contribution in [3.8, 4) is 5.75 Å². The maximum atomic E-state index is 12.2. The molecule has 120 valence electrons. The lowest BCUT2D eigenvalue weighted by molar-refractivity contribution is -0.138. The van der Waals surface area contributed by atoms with Crippen molar-refractivity contribution in [1.29, 1.82) is 0 Å². The van der Waals surface area contributed by atoms with E-state index >= 15 is 0 Å². The molecule has 2 rings (SSSR count). The molecule has 1 atom stereocenters. The highest BCUT2D eigenvalue weighted by Gasteiger charge is 2.25. The number of amides is 1. The standard InChI is InChI=1S/C17H23NO4/c1-3-14-6-4-5-11-18(14)16(19)12-22-17(20)13-7-9-15(21-2)10-8-13/h7-10,14H,3-6,11-12H2,1-2H3/t14-/m1/s1. The molecular weight excluding hydrogens is 282 g/mol. The maximum absolute atomic E-state index is 12.2. The summed E-state index contributed by atoms with van der Waals surface area (Å²) in [5.74, 6) is 0.0844. The second-order valence-electron chi connectivity index (χ2n) is 5.45. The van der Waals surface area contributed by atoms with Gasteiger partial charge in [0.2, 0.25) is 0 Å². The van der Waals surface area contributed by atoms with E-state index in [1.54, 1.807) is 31.4 Å². The smallest absolute Gasteiger partial charge is 0.338 e. The van der Waals surface area contributed by atoms with E-state index in [1.807, 2.05) is 4.90 Å². The van der Waals surface area contributed by atoms with Gasteiger partial charge in [0.05, 0.1) is 12.7 Å². The Hall–Kier alpha value is -2.04. The fraction of sp³-hybridized carbons (Fsp3) is 0.529. The van der Waals surface area contributed by atoms with Gasteiger partial charge in [0, 0.05) is 12.6 Å². The quantitative estimate of drug-likeness (QED) is 0.785. The molecule has 1 aromatic carbocycles. The fourth-order valence-corrected chi connectivity index (χ4v) is 2.77. The molecule has 0 bridgehead atoms. The molecule has 5 nitrogen and oxygen atoms in total. The van der Waals surface area contributed by atoms with Crippen LogP contribution in [0.5, 0.6) is 5.75 Å². The van der Waals surface area contributed by atoms with Crippen LogP contribution in [0.25, 0.3) is 0 Å². The topological polar surface area (TPSA) is 55.8 Å². The van der Waals surface area contributed by atoms with Crippen LogP contribution in [0.1, 0.15) is 43.0 Å². The molecule has 5 heteroatoms. The van der Waals surface area contributed by atoms with Crippen LogP contribution in [0.3, 0.4) is 0 Å². The van der Waals surface area contributed by atoms with Crippen molar-refractivity contribution in [1.82, 2.24) is 4.90 Å². The number of carbonyl (C=O) groups is 2. The molecule has 1 heterocycles. The van der Waals surface area contributed by atoms with Gasteiger partial charge in [0.25, 0.3) is 5.91 Å². The summed E-state index contributed by atoms with van der Waals surface area (Å²) >= 11 is 0. The average molecular weight is 305 g/mol. The molecule has 1 fully saturated rings. The summed E-state index contributed by atoms with van der Waals surface area (Å²) in [6.45, 7) is 2.65.